The van der Waals surface area contributed by atoms with Crippen LogP contribution in [0, 0.1) is 12.3 Å². The minimum absolute atomic E-state index is 0.00129. The van der Waals surface area contributed by atoms with E-state index in [-0.39, 0.29) is 152 Å². The molecule has 1 aliphatic carbocycles. The summed E-state index contributed by atoms with van der Waals surface area (Å²) >= 11 is 3.36. The van der Waals surface area contributed by atoms with Gasteiger partial charge in [0.15, 0.2) is 11.6 Å². The van der Waals surface area contributed by atoms with Gasteiger partial charge >= 0.3 is 19.5 Å². The normalized spacial score (nSPS) is 16.1. The number of pyridine rings is 1. The average Bonchev–Trinajstić information content (AvgIpc) is 1.54. The Bertz CT molecular complexity index is 2990. The van der Waals surface area contributed by atoms with E-state index in [9.17, 15) is 47.7 Å². The first-order valence-electron chi connectivity index (χ1n) is 33.2. The van der Waals surface area contributed by atoms with Crippen molar-refractivity contribution in [3.8, 4) is 0 Å². The van der Waals surface area contributed by atoms with Crippen LogP contribution in [-0.2, 0) is 86.9 Å². The Kier molecular flexibility index (Phi) is 35.5. The second-order valence-corrected chi connectivity index (χ2v) is 26.6. The molecule has 524 valence electrons. The number of piperidine rings is 1. The zero-order valence-corrected chi connectivity index (χ0v) is 58.3. The van der Waals surface area contributed by atoms with Crippen LogP contribution in [0.3, 0.4) is 0 Å². The lowest BCUT2D eigenvalue weighted by molar-refractivity contribution is -0.145. The third kappa shape index (κ3) is 26.9. The number of aromatic nitrogens is 3. The van der Waals surface area contributed by atoms with Gasteiger partial charge in [0.1, 0.15) is 48.0 Å². The lowest BCUT2D eigenvalue weighted by atomic mass is 9.99. The van der Waals surface area contributed by atoms with Crippen molar-refractivity contribution in [1.82, 2.24) is 35.6 Å². The first-order valence-corrected chi connectivity index (χ1v) is 35.6. The van der Waals surface area contributed by atoms with E-state index >= 15 is 0 Å². The van der Waals surface area contributed by atoms with Gasteiger partial charge in [0.05, 0.1) is 71.3 Å². The number of fused-ring (bicyclic) bond motifs is 2. The second kappa shape index (κ2) is 42.5. The van der Waals surface area contributed by atoms with Crippen LogP contribution in [0.1, 0.15) is 178 Å². The Labute approximate surface area is 560 Å². The predicted octanol–water partition coefficient (Wildman–Crippen LogP) is 8.10. The molecule has 1 saturated carbocycles. The van der Waals surface area contributed by atoms with Crippen LogP contribution < -0.4 is 26.6 Å². The van der Waals surface area contributed by atoms with Crippen LogP contribution in [0.25, 0.3) is 10.9 Å². The molecule has 3 heterocycles. The summed E-state index contributed by atoms with van der Waals surface area (Å²) in [6, 6.07) is 5.95. The van der Waals surface area contributed by atoms with Gasteiger partial charge in [-0.15, -0.1) is 0 Å². The molecule has 5 amide bonds. The highest BCUT2D eigenvalue weighted by Crippen LogP contribution is 2.59. The van der Waals surface area contributed by atoms with Gasteiger partial charge in [-0.1, -0.05) is 83.1 Å². The van der Waals surface area contributed by atoms with Gasteiger partial charge in [-0.25, -0.2) is 9.78 Å². The predicted molar refractivity (Wildman–Crippen MR) is 354 cm³/mol. The van der Waals surface area contributed by atoms with E-state index in [0.717, 1.165) is 38.5 Å². The van der Waals surface area contributed by atoms with Crippen molar-refractivity contribution >= 4 is 98.6 Å². The fourth-order valence-electron chi connectivity index (χ4n) is 11.4. The number of anilines is 1. The Morgan fingerprint density at radius 2 is 1.30 bits per heavy atom. The topological polar surface area (TPSA) is 327 Å². The summed E-state index contributed by atoms with van der Waals surface area (Å²) in [5.41, 5.74) is 0.544. The van der Waals surface area contributed by atoms with Crippen LogP contribution in [-0.4, -0.2) is 184 Å². The molecule has 0 spiro atoms. The third-order valence-corrected chi connectivity index (χ3v) is 19.1. The first kappa shape index (κ1) is 78.6. The molecule has 5 rings (SSSR count). The molecular weight excluding hydrogens is 1300 g/mol. The standard InChI is InChI=1S/C66H100BrN8O18P/c1-7-92-94(85,93-8-2)50-28-29-51-53(40-50)74(73-62(51)48(4)76)43-60(81)75-54(64(83)72-63-47(3)27-31-56(67)71-63)41-66(42-55(66)75)46-69-59(80)45-91-39-36-88-34-23-24-49(77)44-90-38-37-89-35-33-68-57(78)32-30-52(65(84)87-6)70-58(79)25-21-19-17-15-13-11-9-10-12-14-16-18-20-22-26-61(82)86-5/h27-29,31,40,52,54-55H,7-26,30,32-39,41-46H2,1-6H3,(H,68,78)(H,69,80)(H,70,79)(H,71,72,83)/t52-,54-,55+,66-/m0/s1. The molecule has 2 fully saturated rings. The summed E-state index contributed by atoms with van der Waals surface area (Å²) in [5.74, 6) is -2.75. The van der Waals surface area contributed by atoms with Gasteiger partial charge in [0.2, 0.25) is 29.5 Å². The maximum absolute atomic E-state index is 14.6. The molecule has 94 heavy (non-hydrogen) atoms. The van der Waals surface area contributed by atoms with Gasteiger partial charge in [-0.3, -0.25) is 47.6 Å². The largest absolute Gasteiger partial charge is 0.469 e. The lowest BCUT2D eigenvalue weighted by Crippen LogP contribution is -2.47. The SMILES string of the molecule is CCOP(=O)(OCC)c1ccc2c(C(C)=O)nn(CC(=O)N3[C@H](C(=O)Nc4nc(Br)ccc4C)C[C@@]4(CNC(=O)COCCOCCCC(=O)COCCOCCNC(=O)CC[C@H](NC(=O)CCCCCCCCCCCCCCCCC(=O)OC)C(=O)OC)C[C@@H]34)c2c1. The molecule has 4 atom stereocenters. The molecular formula is C66H100BrN8O18P. The Morgan fingerprint density at radius 1 is 0.681 bits per heavy atom. The van der Waals surface area contributed by atoms with Gasteiger partial charge in [-0.05, 0) is 105 Å². The molecule has 3 aromatic rings. The second-order valence-electron chi connectivity index (χ2n) is 23.8. The minimum atomic E-state index is -3.77. The van der Waals surface area contributed by atoms with Gasteiger partial charge in [0.25, 0.3) is 0 Å². The Morgan fingerprint density at radius 3 is 1.93 bits per heavy atom. The smallest absolute Gasteiger partial charge is 0.361 e. The number of nitrogens with one attached hydrogen (secondary N) is 4. The fourth-order valence-corrected chi connectivity index (χ4v) is 13.3. The van der Waals surface area contributed by atoms with E-state index in [1.807, 2.05) is 0 Å². The number of Topliss-reactive ketones (excluding diaryl/α,β-unsaturated/α-hetero) is 2. The van der Waals surface area contributed by atoms with Crippen molar-refractivity contribution in [2.45, 2.75) is 194 Å². The van der Waals surface area contributed by atoms with Crippen LogP contribution in [0.15, 0.2) is 34.9 Å². The van der Waals surface area contributed by atoms with E-state index in [4.69, 9.17) is 32.7 Å². The first-order chi connectivity index (χ1) is 45.3. The number of nitrogens with zero attached hydrogens (tertiary/aromatic N) is 4. The number of carbonyl (C=O) groups excluding carboxylic acids is 9. The van der Waals surface area contributed by atoms with Crippen molar-refractivity contribution < 1.29 is 85.2 Å². The Hall–Kier alpha value is -6.06. The van der Waals surface area contributed by atoms with Crippen molar-refractivity contribution in [2.24, 2.45) is 5.41 Å². The zero-order chi connectivity index (χ0) is 68.3. The number of ketones is 2. The maximum atomic E-state index is 14.6. The van der Waals surface area contributed by atoms with Crippen molar-refractivity contribution in [2.75, 3.05) is 98.7 Å². The Balaban J connectivity index is 0.894. The lowest BCUT2D eigenvalue weighted by Gasteiger charge is -2.27. The minimum Gasteiger partial charge on any atom is -0.469 e. The average molecular weight is 1400 g/mol. The van der Waals surface area contributed by atoms with Crippen molar-refractivity contribution in [1.29, 1.82) is 0 Å². The monoisotopic (exact) mass is 1400 g/mol. The van der Waals surface area contributed by atoms with E-state index in [2.05, 4.69) is 52.0 Å². The number of rotatable bonds is 51. The van der Waals surface area contributed by atoms with Crippen molar-refractivity contribution in [3.63, 3.8) is 0 Å². The summed E-state index contributed by atoms with van der Waals surface area (Å²) in [6.45, 7) is 7.58. The number of unbranched alkanes of at least 4 members (excludes halogenated alkanes) is 13. The molecule has 4 N–H and O–H groups in total. The number of hydrogen-bond acceptors (Lipinski definition) is 20. The van der Waals surface area contributed by atoms with E-state index in [1.54, 1.807) is 51.1 Å². The number of halogens is 1. The number of methoxy groups -OCH3 is 2. The van der Waals surface area contributed by atoms with E-state index in [0.29, 0.717) is 52.6 Å². The summed E-state index contributed by atoms with van der Waals surface area (Å²) in [4.78, 5) is 122. The molecule has 28 heteroatoms. The third-order valence-electron chi connectivity index (χ3n) is 16.5. The molecule has 1 saturated heterocycles. The molecule has 2 aliphatic rings. The quantitative estimate of drug-likeness (QED) is 0.0136. The summed E-state index contributed by atoms with van der Waals surface area (Å²) in [5, 5.41) is 16.4. The summed E-state index contributed by atoms with van der Waals surface area (Å²) < 4.78 is 58.5. The molecule has 0 bridgehead atoms. The van der Waals surface area contributed by atoms with Gasteiger partial charge in [0, 0.05) is 69.1 Å². The highest BCUT2D eigenvalue weighted by molar-refractivity contribution is 9.10. The van der Waals surface area contributed by atoms with Gasteiger partial charge < -0.3 is 63.6 Å². The number of carbonyl (C=O) groups is 9. The molecule has 26 nitrogen and oxygen atoms in total. The number of hydrogen-bond donors (Lipinski definition) is 4. The molecule has 1 aromatic carbocycles. The summed E-state index contributed by atoms with van der Waals surface area (Å²) in [7, 11) is -1.10. The number of esters is 2. The number of aryl methyl sites for hydroxylation is 1. The van der Waals surface area contributed by atoms with E-state index in [1.165, 1.54) is 82.1 Å². The maximum Gasteiger partial charge on any atom is 0.361 e. The molecule has 0 unspecified atom stereocenters. The van der Waals surface area contributed by atoms with Gasteiger partial charge in [-0.2, -0.15) is 5.10 Å². The van der Waals surface area contributed by atoms with E-state index < -0.39 is 54.8 Å². The number of benzene rings is 1. The van der Waals surface area contributed by atoms with Crippen LogP contribution in [0.2, 0.25) is 0 Å². The number of ether oxygens (including phenoxy) is 6. The molecule has 2 aromatic heterocycles. The zero-order valence-electron chi connectivity index (χ0n) is 55.8. The fraction of sp³-hybridized carbons (Fsp3) is 0.682. The molecule has 1 aliphatic heterocycles. The van der Waals surface area contributed by atoms with Crippen LogP contribution in [0.5, 0.6) is 0 Å². The number of amides is 5. The van der Waals surface area contributed by atoms with Crippen LogP contribution >= 0.6 is 23.5 Å². The van der Waals surface area contributed by atoms with Crippen LogP contribution in [0.4, 0.5) is 5.82 Å². The van der Waals surface area contributed by atoms with Crippen molar-refractivity contribution in [3.05, 3.63) is 46.2 Å². The summed E-state index contributed by atoms with van der Waals surface area (Å²) in [6.07, 6.45) is 17.9. The number of likely N-dealkylation sites (tertiary alicyclic amines) is 1. The molecule has 0 radical (unpaired) electrons. The highest BCUT2D eigenvalue weighted by Gasteiger charge is 2.67. The highest BCUT2D eigenvalue weighted by atomic mass is 79.9.